The Balaban J connectivity index is 2.11. The standard InChI is InChI=1S/C10H11N5O4/c11-7-4-8-14(2-12-4)1-3-5(16)6(17)9(19-3)15(8)10(18)13-7/h2-3,5-6,9,16-17H,1H2,(H2,11,13,18)/t3-,5?,6?,9-/m1/s1. The fraction of sp³-hybridized carbons (Fsp3) is 0.500. The molecule has 0 saturated carbocycles. The Hall–Kier alpha value is -1.97. The molecule has 2 aliphatic heterocycles. The summed E-state index contributed by atoms with van der Waals surface area (Å²) in [6, 6.07) is 0. The van der Waals surface area contributed by atoms with Crippen molar-refractivity contribution in [1.29, 1.82) is 0 Å². The number of rotatable bonds is 0. The number of nitrogen functional groups attached to an aromatic ring is 1. The van der Waals surface area contributed by atoms with Crippen molar-refractivity contribution in [2.75, 3.05) is 5.73 Å². The maximum Gasteiger partial charge on any atom is 0.353 e. The van der Waals surface area contributed by atoms with Gasteiger partial charge in [0.2, 0.25) is 0 Å². The number of fused-ring (bicyclic) bond motifs is 3. The van der Waals surface area contributed by atoms with Crippen molar-refractivity contribution >= 4 is 17.0 Å². The van der Waals surface area contributed by atoms with E-state index in [0.29, 0.717) is 11.2 Å². The van der Waals surface area contributed by atoms with E-state index in [1.807, 2.05) is 0 Å². The first-order valence-electron chi connectivity index (χ1n) is 5.82. The summed E-state index contributed by atoms with van der Waals surface area (Å²) < 4.78 is 8.40. The molecule has 4 atom stereocenters. The van der Waals surface area contributed by atoms with E-state index in [0.717, 1.165) is 0 Å². The fourth-order valence-electron chi connectivity index (χ4n) is 2.76. The molecule has 1 fully saturated rings. The summed E-state index contributed by atoms with van der Waals surface area (Å²) in [6.07, 6.45) is -2.29. The Bertz CT molecular complexity index is 737. The predicted octanol–water partition coefficient (Wildman–Crippen LogP) is -2.19. The van der Waals surface area contributed by atoms with Crippen LogP contribution in [0.5, 0.6) is 0 Å². The quantitative estimate of drug-likeness (QED) is 0.493. The molecule has 9 nitrogen and oxygen atoms in total. The number of aliphatic hydroxyl groups is 2. The average molecular weight is 265 g/mol. The van der Waals surface area contributed by atoms with Gasteiger partial charge in [-0.2, -0.15) is 4.98 Å². The van der Waals surface area contributed by atoms with E-state index in [1.165, 1.54) is 10.9 Å². The van der Waals surface area contributed by atoms with Crippen molar-refractivity contribution in [2.24, 2.45) is 0 Å². The normalized spacial score (nSPS) is 32.7. The SMILES string of the molecule is Nc1nc(=O)n2c3c1ncn3C[C@H]1O[C@@H]2C(O)C1O. The highest BCUT2D eigenvalue weighted by molar-refractivity contribution is 5.82. The van der Waals surface area contributed by atoms with Gasteiger partial charge >= 0.3 is 5.69 Å². The van der Waals surface area contributed by atoms with Crippen LogP contribution in [0.2, 0.25) is 0 Å². The van der Waals surface area contributed by atoms with Gasteiger partial charge < -0.3 is 25.3 Å². The Labute approximate surface area is 105 Å². The van der Waals surface area contributed by atoms with Gasteiger partial charge in [0.1, 0.15) is 23.8 Å². The molecule has 19 heavy (non-hydrogen) atoms. The molecular weight excluding hydrogens is 254 g/mol. The zero-order valence-corrected chi connectivity index (χ0v) is 9.67. The molecule has 2 aromatic heterocycles. The molecule has 0 amide bonds. The van der Waals surface area contributed by atoms with Gasteiger partial charge in [0.05, 0.1) is 12.9 Å². The van der Waals surface area contributed by atoms with Gasteiger partial charge in [-0.25, -0.2) is 14.3 Å². The van der Waals surface area contributed by atoms with Crippen LogP contribution < -0.4 is 11.4 Å². The van der Waals surface area contributed by atoms with E-state index < -0.39 is 30.2 Å². The van der Waals surface area contributed by atoms with E-state index in [1.54, 1.807) is 4.57 Å². The lowest BCUT2D eigenvalue weighted by Gasteiger charge is -2.19. The molecule has 4 N–H and O–H groups in total. The van der Waals surface area contributed by atoms with Crippen LogP contribution in [0.3, 0.4) is 0 Å². The molecule has 9 heteroatoms. The summed E-state index contributed by atoms with van der Waals surface area (Å²) in [7, 11) is 0. The summed E-state index contributed by atoms with van der Waals surface area (Å²) in [5, 5.41) is 19.9. The summed E-state index contributed by atoms with van der Waals surface area (Å²) in [6.45, 7) is 0.286. The predicted molar refractivity (Wildman–Crippen MR) is 62.1 cm³/mol. The molecule has 0 aliphatic carbocycles. The Morgan fingerprint density at radius 1 is 1.42 bits per heavy atom. The number of hydrogen-bond acceptors (Lipinski definition) is 7. The molecule has 2 bridgehead atoms. The van der Waals surface area contributed by atoms with Crippen molar-refractivity contribution in [1.82, 2.24) is 19.1 Å². The zero-order valence-electron chi connectivity index (χ0n) is 9.67. The number of hydrogen-bond donors (Lipinski definition) is 3. The second kappa shape index (κ2) is 3.32. The van der Waals surface area contributed by atoms with Gasteiger partial charge in [0.15, 0.2) is 17.7 Å². The van der Waals surface area contributed by atoms with Gasteiger partial charge in [0, 0.05) is 0 Å². The minimum Gasteiger partial charge on any atom is -0.387 e. The monoisotopic (exact) mass is 265 g/mol. The van der Waals surface area contributed by atoms with Crippen LogP contribution in [-0.4, -0.2) is 47.6 Å². The maximum absolute atomic E-state index is 12.0. The second-order valence-corrected chi connectivity index (χ2v) is 4.77. The smallest absolute Gasteiger partial charge is 0.353 e. The average Bonchev–Trinajstić information content (AvgIpc) is 2.82. The van der Waals surface area contributed by atoms with E-state index in [4.69, 9.17) is 10.5 Å². The number of nitrogens with zero attached hydrogens (tertiary/aromatic N) is 4. The molecule has 100 valence electrons. The third kappa shape index (κ3) is 1.21. The Morgan fingerprint density at radius 3 is 3.00 bits per heavy atom. The minimum atomic E-state index is -1.18. The summed E-state index contributed by atoms with van der Waals surface area (Å²) in [5.41, 5.74) is 5.88. The number of nitrogens with two attached hydrogens (primary N) is 1. The van der Waals surface area contributed by atoms with Crippen LogP contribution in [-0.2, 0) is 11.3 Å². The van der Waals surface area contributed by atoms with Crippen molar-refractivity contribution in [3.8, 4) is 0 Å². The maximum atomic E-state index is 12.0. The van der Waals surface area contributed by atoms with Crippen LogP contribution in [0.25, 0.3) is 11.2 Å². The Kier molecular flexibility index (Phi) is 1.91. The molecular formula is C10H11N5O4. The van der Waals surface area contributed by atoms with Gasteiger partial charge in [-0.15, -0.1) is 0 Å². The summed E-state index contributed by atoms with van der Waals surface area (Å²) >= 11 is 0. The summed E-state index contributed by atoms with van der Waals surface area (Å²) in [5.74, 6) is 0.0443. The number of anilines is 1. The van der Waals surface area contributed by atoms with Crippen LogP contribution in [0, 0.1) is 0 Å². The highest BCUT2D eigenvalue weighted by Crippen LogP contribution is 2.34. The first-order chi connectivity index (χ1) is 9.08. The molecule has 1 saturated heterocycles. The third-order valence-corrected chi connectivity index (χ3v) is 3.67. The highest BCUT2D eigenvalue weighted by Gasteiger charge is 2.47. The lowest BCUT2D eigenvalue weighted by Crippen LogP contribution is -2.39. The number of imidazole rings is 1. The van der Waals surface area contributed by atoms with Crippen molar-refractivity contribution in [3.63, 3.8) is 0 Å². The number of aliphatic hydroxyl groups excluding tert-OH is 2. The lowest BCUT2D eigenvalue weighted by atomic mass is 10.1. The van der Waals surface area contributed by atoms with Crippen molar-refractivity contribution < 1.29 is 14.9 Å². The lowest BCUT2D eigenvalue weighted by molar-refractivity contribution is -0.0352. The molecule has 4 heterocycles. The molecule has 2 unspecified atom stereocenters. The van der Waals surface area contributed by atoms with Gasteiger partial charge in [-0.05, 0) is 0 Å². The van der Waals surface area contributed by atoms with Crippen LogP contribution in [0.1, 0.15) is 6.23 Å². The second-order valence-electron chi connectivity index (χ2n) is 4.77. The van der Waals surface area contributed by atoms with E-state index in [-0.39, 0.29) is 12.4 Å². The van der Waals surface area contributed by atoms with Crippen LogP contribution >= 0.6 is 0 Å². The third-order valence-electron chi connectivity index (χ3n) is 3.67. The van der Waals surface area contributed by atoms with Gasteiger partial charge in [-0.1, -0.05) is 0 Å². The molecule has 2 aliphatic rings. The van der Waals surface area contributed by atoms with E-state index in [2.05, 4.69) is 9.97 Å². The minimum absolute atomic E-state index is 0.0443. The fourth-order valence-corrected chi connectivity index (χ4v) is 2.76. The molecule has 2 aromatic rings. The number of ether oxygens (including phenoxy) is 1. The van der Waals surface area contributed by atoms with E-state index >= 15 is 0 Å². The van der Waals surface area contributed by atoms with Gasteiger partial charge in [-0.3, -0.25) is 0 Å². The zero-order chi connectivity index (χ0) is 13.3. The van der Waals surface area contributed by atoms with E-state index in [9.17, 15) is 15.0 Å². The largest absolute Gasteiger partial charge is 0.387 e. The topological polar surface area (TPSA) is 128 Å². The molecule has 0 radical (unpaired) electrons. The first-order valence-corrected chi connectivity index (χ1v) is 5.82. The van der Waals surface area contributed by atoms with Gasteiger partial charge in [0.25, 0.3) is 0 Å². The van der Waals surface area contributed by atoms with Crippen LogP contribution in [0.4, 0.5) is 5.82 Å². The summed E-state index contributed by atoms with van der Waals surface area (Å²) in [4.78, 5) is 19.8. The van der Waals surface area contributed by atoms with Crippen molar-refractivity contribution in [2.45, 2.75) is 31.1 Å². The van der Waals surface area contributed by atoms with Crippen molar-refractivity contribution in [3.05, 3.63) is 16.8 Å². The van der Waals surface area contributed by atoms with Crippen LogP contribution in [0.15, 0.2) is 11.1 Å². The number of aromatic nitrogens is 4. The first kappa shape index (κ1) is 10.9. The highest BCUT2D eigenvalue weighted by atomic mass is 16.6. The molecule has 0 aromatic carbocycles. The molecule has 0 spiro atoms. The Morgan fingerprint density at radius 2 is 2.21 bits per heavy atom. The molecule has 4 rings (SSSR count).